The summed E-state index contributed by atoms with van der Waals surface area (Å²) < 4.78 is 40.4. The zero-order valence-corrected chi connectivity index (χ0v) is 16.1. The van der Waals surface area contributed by atoms with Gasteiger partial charge >= 0.3 is 0 Å². The molecule has 1 amide bonds. The summed E-state index contributed by atoms with van der Waals surface area (Å²) in [6.07, 6.45) is 2.59. The van der Waals surface area contributed by atoms with Crippen molar-refractivity contribution in [1.29, 1.82) is 0 Å². The van der Waals surface area contributed by atoms with Crippen LogP contribution in [0.25, 0.3) is 0 Å². The van der Waals surface area contributed by atoms with Gasteiger partial charge in [-0.15, -0.1) is 5.10 Å². The van der Waals surface area contributed by atoms with Crippen molar-refractivity contribution in [2.45, 2.75) is 58.4 Å². The minimum atomic E-state index is -2.96. The van der Waals surface area contributed by atoms with Crippen LogP contribution in [0.2, 0.25) is 0 Å². The predicted molar refractivity (Wildman–Crippen MR) is 94.8 cm³/mol. The quantitative estimate of drug-likeness (QED) is 0.822. The van der Waals surface area contributed by atoms with Crippen LogP contribution in [0.15, 0.2) is 0 Å². The van der Waals surface area contributed by atoms with Gasteiger partial charge in [0, 0.05) is 13.1 Å². The van der Waals surface area contributed by atoms with Gasteiger partial charge in [0.05, 0.1) is 0 Å². The third-order valence-electron chi connectivity index (χ3n) is 7.61. The molecule has 3 aliphatic rings. The molecule has 27 heavy (non-hydrogen) atoms. The van der Waals surface area contributed by atoms with Crippen molar-refractivity contribution in [2.24, 2.45) is 35.5 Å². The van der Waals surface area contributed by atoms with Crippen LogP contribution in [-0.4, -0.2) is 34.1 Å². The Morgan fingerprint density at radius 3 is 2.52 bits per heavy atom. The molecule has 0 radical (unpaired) electrons. The van der Waals surface area contributed by atoms with E-state index in [-0.39, 0.29) is 6.04 Å². The maximum Gasteiger partial charge on any atom is 0.280 e. The number of nitrogens with zero attached hydrogens (tertiary/aromatic N) is 2. The average Bonchev–Trinajstić information content (AvgIpc) is 3.31. The molecule has 6 atom stereocenters. The maximum absolute atomic E-state index is 14.0. The Balaban J connectivity index is 1.62. The molecule has 4 nitrogen and oxygen atoms in total. The molecular weight excluding hydrogens is 355 g/mol. The monoisotopic (exact) mass is 383 g/mol. The highest BCUT2D eigenvalue weighted by molar-refractivity contribution is 5.95. The number of aromatic amines is 1. The number of H-pyrrole nitrogens is 1. The average molecular weight is 383 g/mol. The molecular formula is C20H28F3N3O. The molecule has 1 N–H and O–H groups in total. The van der Waals surface area contributed by atoms with E-state index in [4.69, 9.17) is 0 Å². The number of rotatable bonds is 4. The van der Waals surface area contributed by atoms with Gasteiger partial charge in [-0.25, -0.2) is 8.78 Å². The third-order valence-corrected chi connectivity index (χ3v) is 7.61. The second kappa shape index (κ2) is 6.82. The normalized spacial score (nSPS) is 35.1. The van der Waals surface area contributed by atoms with Crippen molar-refractivity contribution in [3.8, 4) is 0 Å². The van der Waals surface area contributed by atoms with Crippen LogP contribution < -0.4 is 0 Å². The van der Waals surface area contributed by atoms with Crippen molar-refractivity contribution in [1.82, 2.24) is 15.1 Å². The molecule has 7 heteroatoms. The molecule has 6 unspecified atom stereocenters. The Morgan fingerprint density at radius 2 is 1.85 bits per heavy atom. The Morgan fingerprint density at radius 1 is 1.15 bits per heavy atom. The molecule has 3 fully saturated rings. The highest BCUT2D eigenvalue weighted by atomic mass is 19.3. The molecule has 1 heterocycles. The van der Waals surface area contributed by atoms with E-state index in [1.165, 1.54) is 24.2 Å². The lowest BCUT2D eigenvalue weighted by atomic mass is 9.68. The molecule has 150 valence electrons. The summed E-state index contributed by atoms with van der Waals surface area (Å²) in [5.74, 6) is 1.81. The van der Waals surface area contributed by atoms with Gasteiger partial charge in [-0.3, -0.25) is 9.89 Å². The molecule has 3 aliphatic carbocycles. The first-order chi connectivity index (χ1) is 12.8. The summed E-state index contributed by atoms with van der Waals surface area (Å²) in [6.45, 7) is 4.57. The van der Waals surface area contributed by atoms with E-state index in [1.807, 2.05) is 5.10 Å². The Bertz CT molecular complexity index is 719. The van der Waals surface area contributed by atoms with Crippen molar-refractivity contribution in [3.63, 3.8) is 0 Å². The number of carbonyl (C=O) groups is 1. The number of fused-ring (bicyclic) bond motifs is 5. The molecule has 0 aromatic carbocycles. The number of carbonyl (C=O) groups excluding carboxylic acids is 1. The lowest BCUT2D eigenvalue weighted by molar-refractivity contribution is 0.0350. The summed E-state index contributed by atoms with van der Waals surface area (Å²) >= 11 is 0. The predicted octanol–water partition coefficient (Wildman–Crippen LogP) is 4.66. The molecule has 1 aromatic heterocycles. The van der Waals surface area contributed by atoms with E-state index >= 15 is 0 Å². The van der Waals surface area contributed by atoms with Crippen LogP contribution in [-0.2, 0) is 0 Å². The molecule has 0 aliphatic heterocycles. The van der Waals surface area contributed by atoms with Gasteiger partial charge in [-0.05, 0) is 61.2 Å². The molecule has 2 bridgehead atoms. The van der Waals surface area contributed by atoms with Crippen LogP contribution in [0.1, 0.15) is 68.4 Å². The van der Waals surface area contributed by atoms with Crippen LogP contribution >= 0.6 is 0 Å². The van der Waals surface area contributed by atoms with Gasteiger partial charge in [-0.2, -0.15) is 4.39 Å². The van der Waals surface area contributed by atoms with Gasteiger partial charge < -0.3 is 4.90 Å². The van der Waals surface area contributed by atoms with E-state index in [9.17, 15) is 18.0 Å². The lowest BCUT2D eigenvalue weighted by Gasteiger charge is -2.45. The van der Waals surface area contributed by atoms with Crippen LogP contribution in [0.5, 0.6) is 0 Å². The molecule has 0 saturated heterocycles. The minimum Gasteiger partial charge on any atom is -0.338 e. The van der Waals surface area contributed by atoms with E-state index in [2.05, 4.69) is 18.9 Å². The minimum absolute atomic E-state index is 0.00683. The maximum atomic E-state index is 14.0. The van der Waals surface area contributed by atoms with Gasteiger partial charge in [0.2, 0.25) is 5.95 Å². The first-order valence-corrected chi connectivity index (χ1v) is 10.1. The van der Waals surface area contributed by atoms with Crippen LogP contribution in [0.3, 0.4) is 0 Å². The summed E-state index contributed by atoms with van der Waals surface area (Å²) in [4.78, 5) is 14.5. The lowest BCUT2D eigenvalue weighted by Crippen LogP contribution is -2.48. The summed E-state index contributed by atoms with van der Waals surface area (Å²) in [6, 6.07) is -0.00683. The molecule has 3 saturated carbocycles. The highest BCUT2D eigenvalue weighted by Gasteiger charge is 2.58. The zero-order chi connectivity index (χ0) is 19.5. The van der Waals surface area contributed by atoms with E-state index in [1.54, 1.807) is 7.05 Å². The SMILES string of the molecule is CC(C)C1C2CCC1C1C2CCCC1N(C)C(=O)c1c(F)n[nH]c1C(F)F. The van der Waals surface area contributed by atoms with Crippen LogP contribution in [0.4, 0.5) is 13.2 Å². The first kappa shape index (κ1) is 18.8. The van der Waals surface area contributed by atoms with Gasteiger partial charge in [-0.1, -0.05) is 20.3 Å². The van der Waals surface area contributed by atoms with Crippen molar-refractivity contribution >= 4 is 5.91 Å². The number of aromatic nitrogens is 2. The summed E-state index contributed by atoms with van der Waals surface area (Å²) in [5, 5.41) is 5.19. The van der Waals surface area contributed by atoms with Gasteiger partial charge in [0.25, 0.3) is 12.3 Å². The summed E-state index contributed by atoms with van der Waals surface area (Å²) in [5.41, 5.74) is -1.32. The smallest absolute Gasteiger partial charge is 0.280 e. The molecule has 1 aromatic rings. The van der Waals surface area contributed by atoms with E-state index in [0.717, 1.165) is 12.8 Å². The number of hydrogen-bond donors (Lipinski definition) is 1. The second-order valence-corrected chi connectivity index (χ2v) is 8.99. The highest BCUT2D eigenvalue weighted by Crippen LogP contribution is 2.63. The van der Waals surface area contributed by atoms with Crippen molar-refractivity contribution < 1.29 is 18.0 Å². The third kappa shape index (κ3) is 2.80. The fraction of sp³-hybridized carbons (Fsp3) is 0.800. The second-order valence-electron chi connectivity index (χ2n) is 8.99. The van der Waals surface area contributed by atoms with Gasteiger partial charge in [0.15, 0.2) is 0 Å². The Hall–Kier alpha value is -1.53. The van der Waals surface area contributed by atoms with Gasteiger partial charge in [0.1, 0.15) is 11.3 Å². The topological polar surface area (TPSA) is 49.0 Å². The number of nitrogens with one attached hydrogen (secondary N) is 1. The Kier molecular flexibility index (Phi) is 4.75. The molecule has 4 rings (SSSR count). The summed E-state index contributed by atoms with van der Waals surface area (Å²) in [7, 11) is 1.65. The number of hydrogen-bond acceptors (Lipinski definition) is 2. The van der Waals surface area contributed by atoms with E-state index in [0.29, 0.717) is 35.5 Å². The zero-order valence-electron chi connectivity index (χ0n) is 16.1. The fourth-order valence-electron chi connectivity index (χ4n) is 6.83. The molecule has 0 spiro atoms. The standard InChI is InChI=1S/C20H28F3N3O/c1-9(2)14-11-7-8-12(14)15-10(11)5-4-6-13(15)26(3)20(27)16-17(18(21)22)24-25-19(16)23/h9-15,18H,4-8H2,1-3H3,(H,24,25). The fourth-order valence-corrected chi connectivity index (χ4v) is 6.83. The largest absolute Gasteiger partial charge is 0.338 e. The van der Waals surface area contributed by atoms with Crippen LogP contribution in [0, 0.1) is 41.5 Å². The van der Waals surface area contributed by atoms with Crippen molar-refractivity contribution in [3.05, 3.63) is 17.2 Å². The first-order valence-electron chi connectivity index (χ1n) is 10.1. The number of alkyl halides is 2. The van der Waals surface area contributed by atoms with E-state index < -0.39 is 29.5 Å². The Labute approximate surface area is 157 Å². The van der Waals surface area contributed by atoms with Crippen molar-refractivity contribution in [2.75, 3.05) is 7.05 Å². The number of amides is 1. The number of halogens is 3.